The molecule has 3 heteroatoms. The van der Waals surface area contributed by atoms with Crippen LogP contribution in [0.25, 0.3) is 0 Å². The smallest absolute Gasteiger partial charge is 0.310 e. The molecule has 0 aromatic rings. The van der Waals surface area contributed by atoms with E-state index in [9.17, 15) is 9.90 Å². The van der Waals surface area contributed by atoms with E-state index in [1.165, 1.54) is 31.3 Å². The maximum absolute atomic E-state index is 12.1. The molecule has 0 radical (unpaired) electrons. The highest BCUT2D eigenvalue weighted by Gasteiger charge is 2.59. The van der Waals surface area contributed by atoms with Gasteiger partial charge in [-0.2, -0.15) is 0 Å². The zero-order chi connectivity index (χ0) is 22.5. The molecule has 4 aliphatic rings. The van der Waals surface area contributed by atoms with Crippen molar-refractivity contribution in [2.24, 2.45) is 46.8 Å². The van der Waals surface area contributed by atoms with Crippen molar-refractivity contribution < 1.29 is 14.6 Å². The Bertz CT molecular complexity index is 749. The van der Waals surface area contributed by atoms with Crippen LogP contribution in [0.15, 0.2) is 23.3 Å². The van der Waals surface area contributed by atoms with E-state index in [1.807, 2.05) is 6.08 Å². The monoisotopic (exact) mass is 428 g/mol. The molecule has 0 bridgehead atoms. The van der Waals surface area contributed by atoms with Crippen molar-refractivity contribution in [1.29, 1.82) is 0 Å². The van der Waals surface area contributed by atoms with Gasteiger partial charge < -0.3 is 9.84 Å². The zero-order valence-electron chi connectivity index (χ0n) is 20.6. The summed E-state index contributed by atoms with van der Waals surface area (Å²) in [6.45, 7) is 14.2. The Morgan fingerprint density at radius 2 is 1.94 bits per heavy atom. The first-order valence-corrected chi connectivity index (χ1v) is 12.9. The predicted molar refractivity (Wildman–Crippen MR) is 125 cm³/mol. The fourth-order valence-electron chi connectivity index (χ4n) is 7.99. The highest BCUT2D eigenvalue weighted by Crippen LogP contribution is 2.64. The summed E-state index contributed by atoms with van der Waals surface area (Å²) in [6.07, 6.45) is 10.9. The van der Waals surface area contributed by atoms with Crippen molar-refractivity contribution in [3.8, 4) is 0 Å². The fraction of sp³-hybridized carbons (Fsp3) is 0.821. The lowest BCUT2D eigenvalue weighted by molar-refractivity contribution is -0.149. The van der Waals surface area contributed by atoms with E-state index in [0.29, 0.717) is 30.1 Å². The number of carbonyl (C=O) groups is 1. The van der Waals surface area contributed by atoms with Gasteiger partial charge in [-0.05, 0) is 79.1 Å². The van der Waals surface area contributed by atoms with E-state index < -0.39 is 0 Å². The van der Waals surface area contributed by atoms with Crippen molar-refractivity contribution in [3.05, 3.63) is 23.3 Å². The number of aliphatic hydroxyl groups excluding tert-OH is 1. The van der Waals surface area contributed by atoms with Crippen LogP contribution < -0.4 is 0 Å². The maximum atomic E-state index is 12.1. The van der Waals surface area contributed by atoms with E-state index in [1.54, 1.807) is 0 Å². The molecule has 1 heterocycles. The van der Waals surface area contributed by atoms with Gasteiger partial charge in [0, 0.05) is 5.92 Å². The number of aliphatic hydroxyl groups is 1. The normalized spacial score (nSPS) is 41.9. The van der Waals surface area contributed by atoms with Crippen LogP contribution in [-0.2, 0) is 9.53 Å². The van der Waals surface area contributed by atoms with Crippen LogP contribution in [0, 0.1) is 46.8 Å². The van der Waals surface area contributed by atoms with Crippen LogP contribution in [0.1, 0.15) is 86.5 Å². The zero-order valence-corrected chi connectivity index (χ0v) is 20.6. The Hall–Kier alpha value is -1.09. The van der Waals surface area contributed by atoms with Crippen molar-refractivity contribution in [2.45, 2.75) is 98.7 Å². The Kier molecular flexibility index (Phi) is 6.47. The van der Waals surface area contributed by atoms with Crippen molar-refractivity contribution in [2.75, 3.05) is 0 Å². The highest BCUT2D eigenvalue weighted by molar-refractivity contribution is 5.73. The standard InChI is InChI=1S/C28H44O3/c1-16(2)17(3)10-11-18(4)22-12-13-23-21-14-25-20(8-7-9-26(30)31-25)19(5)27(21)24(29)15-28(22,23)6/h7-8,16-18,21-25,27,29H,9-15H2,1-6H3/t17-,18+,21-,22+,23-,24+,25+,27+,28+/m0/s1. The Morgan fingerprint density at radius 3 is 2.65 bits per heavy atom. The molecular formula is C28H44O3. The quantitative estimate of drug-likeness (QED) is 0.521. The van der Waals surface area contributed by atoms with Gasteiger partial charge >= 0.3 is 5.97 Å². The van der Waals surface area contributed by atoms with E-state index in [2.05, 4.69) is 47.6 Å². The van der Waals surface area contributed by atoms with Gasteiger partial charge in [0.2, 0.25) is 0 Å². The van der Waals surface area contributed by atoms with Crippen molar-refractivity contribution >= 4 is 5.97 Å². The van der Waals surface area contributed by atoms with Gasteiger partial charge in [-0.25, -0.2) is 0 Å². The molecule has 0 saturated heterocycles. The molecule has 9 atom stereocenters. The third kappa shape index (κ3) is 4.05. The number of ether oxygens (including phenoxy) is 1. The Labute approximate surface area is 189 Å². The summed E-state index contributed by atoms with van der Waals surface area (Å²) in [5.74, 6) is 4.07. The molecule has 0 amide bonds. The van der Waals surface area contributed by atoms with E-state index in [0.717, 1.165) is 30.3 Å². The molecule has 0 aromatic heterocycles. The van der Waals surface area contributed by atoms with Crippen LogP contribution >= 0.6 is 0 Å². The van der Waals surface area contributed by atoms with Crippen LogP contribution in [0.5, 0.6) is 0 Å². The van der Waals surface area contributed by atoms with Gasteiger partial charge in [-0.15, -0.1) is 0 Å². The number of esters is 1. The summed E-state index contributed by atoms with van der Waals surface area (Å²) >= 11 is 0. The summed E-state index contributed by atoms with van der Waals surface area (Å²) in [5.41, 5.74) is 2.62. The molecule has 3 nitrogen and oxygen atoms in total. The van der Waals surface area contributed by atoms with Gasteiger partial charge in [-0.3, -0.25) is 4.79 Å². The molecule has 31 heavy (non-hydrogen) atoms. The lowest BCUT2D eigenvalue weighted by Crippen LogP contribution is -2.52. The summed E-state index contributed by atoms with van der Waals surface area (Å²) in [6, 6.07) is 0. The second kappa shape index (κ2) is 8.69. The summed E-state index contributed by atoms with van der Waals surface area (Å²) in [7, 11) is 0. The average molecular weight is 429 g/mol. The number of hydrogen-bond acceptors (Lipinski definition) is 3. The van der Waals surface area contributed by atoms with Crippen LogP contribution in [0.4, 0.5) is 0 Å². The van der Waals surface area contributed by atoms with Crippen molar-refractivity contribution in [3.63, 3.8) is 0 Å². The number of hydrogen-bond donors (Lipinski definition) is 1. The first-order valence-electron chi connectivity index (χ1n) is 12.9. The minimum Gasteiger partial charge on any atom is -0.457 e. The summed E-state index contributed by atoms with van der Waals surface area (Å²) in [4.78, 5) is 12.1. The topological polar surface area (TPSA) is 46.5 Å². The Morgan fingerprint density at radius 1 is 1.19 bits per heavy atom. The van der Waals surface area contributed by atoms with Gasteiger partial charge in [0.25, 0.3) is 0 Å². The lowest BCUT2D eigenvalue weighted by Gasteiger charge is -2.54. The maximum Gasteiger partial charge on any atom is 0.310 e. The fourth-order valence-corrected chi connectivity index (χ4v) is 7.99. The molecule has 4 rings (SSSR count). The second-order valence-corrected chi connectivity index (χ2v) is 12.0. The van der Waals surface area contributed by atoms with E-state index >= 15 is 0 Å². The minimum absolute atomic E-state index is 0.112. The molecular weight excluding hydrogens is 384 g/mol. The minimum atomic E-state index is -0.283. The van der Waals surface area contributed by atoms with Crippen LogP contribution in [0.2, 0.25) is 0 Å². The molecule has 0 aromatic carbocycles. The third-order valence-corrected chi connectivity index (χ3v) is 10.1. The SMILES string of the molecule is CC1=C2C=CCC(=O)O[C@@H]2C[C@@H]2[C@@H]1[C@H](O)C[C@]1(C)[C@@H]([C@H](C)CC[C@H](C)C(C)C)CC[C@@H]21. The molecule has 1 N–H and O–H groups in total. The first kappa shape index (κ1) is 23.1. The van der Waals surface area contributed by atoms with Crippen LogP contribution in [-0.4, -0.2) is 23.3 Å². The summed E-state index contributed by atoms with van der Waals surface area (Å²) in [5, 5.41) is 11.4. The first-order chi connectivity index (χ1) is 14.6. The number of rotatable bonds is 5. The molecule has 1 aliphatic heterocycles. The van der Waals surface area contributed by atoms with Crippen LogP contribution in [0.3, 0.4) is 0 Å². The van der Waals surface area contributed by atoms with Gasteiger partial charge in [0.1, 0.15) is 6.10 Å². The third-order valence-electron chi connectivity index (χ3n) is 10.1. The van der Waals surface area contributed by atoms with Gasteiger partial charge in [0.05, 0.1) is 12.5 Å². The molecule has 2 fully saturated rings. The molecule has 2 saturated carbocycles. The molecule has 0 unspecified atom stereocenters. The summed E-state index contributed by atoms with van der Waals surface area (Å²) < 4.78 is 5.87. The van der Waals surface area contributed by atoms with E-state index in [-0.39, 0.29) is 29.5 Å². The average Bonchev–Trinajstić information content (AvgIpc) is 2.92. The predicted octanol–water partition coefficient (Wildman–Crippen LogP) is 6.32. The van der Waals surface area contributed by atoms with Gasteiger partial charge in [-0.1, -0.05) is 65.2 Å². The molecule has 174 valence electrons. The van der Waals surface area contributed by atoms with Gasteiger partial charge in [0.15, 0.2) is 0 Å². The molecule has 3 aliphatic carbocycles. The number of fused-ring (bicyclic) bond motifs is 4. The second-order valence-electron chi connectivity index (χ2n) is 12.0. The van der Waals surface area contributed by atoms with E-state index in [4.69, 9.17) is 4.74 Å². The van der Waals surface area contributed by atoms with Crippen molar-refractivity contribution in [1.82, 2.24) is 0 Å². The lowest BCUT2D eigenvalue weighted by atomic mass is 9.52. The largest absolute Gasteiger partial charge is 0.457 e. The Balaban J connectivity index is 1.56. The molecule has 0 spiro atoms. The highest BCUT2D eigenvalue weighted by atomic mass is 16.5. The number of carbonyl (C=O) groups excluding carboxylic acids is 1.